The summed E-state index contributed by atoms with van der Waals surface area (Å²) in [7, 11) is 1.53. The van der Waals surface area contributed by atoms with Crippen LogP contribution in [0.15, 0.2) is 69.6 Å². The molecule has 4 aromatic rings. The van der Waals surface area contributed by atoms with Crippen molar-refractivity contribution in [3.05, 3.63) is 87.6 Å². The zero-order valence-electron chi connectivity index (χ0n) is 18.7. The van der Waals surface area contributed by atoms with Crippen molar-refractivity contribution in [2.24, 2.45) is 0 Å². The van der Waals surface area contributed by atoms with Gasteiger partial charge in [-0.05, 0) is 72.4 Å². The molecule has 1 aliphatic carbocycles. The molecule has 1 N–H and O–H groups in total. The van der Waals surface area contributed by atoms with Crippen LogP contribution in [-0.4, -0.2) is 21.7 Å². The highest BCUT2D eigenvalue weighted by molar-refractivity contribution is 9.10. The number of fused-ring (bicyclic) bond motifs is 1. The smallest absolute Gasteiger partial charge is 0.255 e. The average Bonchev–Trinajstić information content (AvgIpc) is 3.62. The molecule has 1 unspecified atom stereocenters. The summed E-state index contributed by atoms with van der Waals surface area (Å²) in [5.74, 6) is -0.230. The molecule has 1 fully saturated rings. The van der Waals surface area contributed by atoms with E-state index in [9.17, 15) is 17.9 Å². The van der Waals surface area contributed by atoms with Crippen LogP contribution >= 0.6 is 15.9 Å². The van der Waals surface area contributed by atoms with E-state index in [2.05, 4.69) is 21.2 Å². The van der Waals surface area contributed by atoms with E-state index in [-0.39, 0.29) is 18.4 Å². The first-order valence-electron chi connectivity index (χ1n) is 11.1. The number of hydrogen-bond donors (Lipinski definition) is 1. The van der Waals surface area contributed by atoms with Gasteiger partial charge in [0.2, 0.25) is 0 Å². The fourth-order valence-corrected chi connectivity index (χ4v) is 5.28. The van der Waals surface area contributed by atoms with Gasteiger partial charge in [0, 0.05) is 39.8 Å². The van der Waals surface area contributed by atoms with Crippen molar-refractivity contribution in [2.75, 3.05) is 11.4 Å². The Kier molecular flexibility index (Phi) is 6.48. The summed E-state index contributed by atoms with van der Waals surface area (Å²) in [6, 6.07) is 16.7. The lowest BCUT2D eigenvalue weighted by Gasteiger charge is -2.29. The first-order chi connectivity index (χ1) is 16.9. The van der Waals surface area contributed by atoms with Crippen LogP contribution in [0, 0.1) is 5.82 Å². The summed E-state index contributed by atoms with van der Waals surface area (Å²) in [6.45, 7) is 0.147. The topological polar surface area (TPSA) is 85.6 Å². The molecule has 9 heteroatoms. The second-order valence-electron chi connectivity index (χ2n) is 8.46. The molecular weight excluding hydrogens is 535 g/mol. The maximum Gasteiger partial charge on any atom is 0.255 e. The molecule has 6 nitrogen and oxygen atoms in total. The Morgan fingerprint density at radius 3 is 2.57 bits per heavy atom. The molecule has 0 radical (unpaired) electrons. The Morgan fingerprint density at radius 2 is 1.94 bits per heavy atom. The maximum atomic E-state index is 13.5. The van der Waals surface area contributed by atoms with Gasteiger partial charge in [0.1, 0.15) is 17.2 Å². The Labute approximate surface area is 212 Å². The number of halogens is 2. The molecule has 1 aliphatic rings. The molecule has 5 rings (SSSR count). The fraction of sp³-hybridized carbons (Fsp3) is 0.192. The zero-order valence-corrected chi connectivity index (χ0v) is 21.1. The largest absolute Gasteiger partial charge is 0.755 e. The van der Waals surface area contributed by atoms with Crippen molar-refractivity contribution in [2.45, 2.75) is 25.3 Å². The zero-order chi connectivity index (χ0) is 24.7. The van der Waals surface area contributed by atoms with Gasteiger partial charge >= 0.3 is 0 Å². The van der Waals surface area contributed by atoms with Crippen molar-refractivity contribution in [1.82, 2.24) is 5.32 Å². The van der Waals surface area contributed by atoms with Gasteiger partial charge in [0.05, 0.1) is 17.8 Å². The minimum absolute atomic E-state index is 0.147. The third-order valence-corrected chi connectivity index (χ3v) is 7.26. The van der Waals surface area contributed by atoms with Gasteiger partial charge in [0.25, 0.3) is 5.91 Å². The molecule has 0 bridgehead atoms. The molecule has 1 amide bonds. The number of nitrogens with zero attached hydrogens (tertiary/aromatic N) is 1. The Morgan fingerprint density at radius 1 is 1.20 bits per heavy atom. The highest BCUT2D eigenvalue weighted by Crippen LogP contribution is 2.48. The van der Waals surface area contributed by atoms with Crippen molar-refractivity contribution in [1.29, 1.82) is 0 Å². The Bertz CT molecular complexity index is 1450. The van der Waals surface area contributed by atoms with Crippen LogP contribution in [0.3, 0.4) is 0 Å². The number of carbonyl (C=O) groups excluding carboxylic acids is 1. The van der Waals surface area contributed by atoms with Crippen molar-refractivity contribution < 1.29 is 22.4 Å². The van der Waals surface area contributed by atoms with Crippen LogP contribution in [0.1, 0.15) is 40.2 Å². The van der Waals surface area contributed by atoms with E-state index in [4.69, 9.17) is 4.42 Å². The number of amides is 1. The summed E-state index contributed by atoms with van der Waals surface area (Å²) in [6.07, 6.45) is 1.87. The maximum absolute atomic E-state index is 13.5. The Hall–Kier alpha value is -3.01. The van der Waals surface area contributed by atoms with E-state index in [1.807, 2.05) is 30.3 Å². The normalized spacial score (nSPS) is 14.2. The van der Waals surface area contributed by atoms with E-state index in [0.29, 0.717) is 33.5 Å². The van der Waals surface area contributed by atoms with Gasteiger partial charge in [-0.3, -0.25) is 13.3 Å². The molecule has 0 spiro atoms. The number of anilines is 1. The van der Waals surface area contributed by atoms with E-state index < -0.39 is 17.1 Å². The van der Waals surface area contributed by atoms with Gasteiger partial charge in [-0.1, -0.05) is 28.1 Å². The first kappa shape index (κ1) is 23.7. The van der Waals surface area contributed by atoms with Crippen LogP contribution in [0.4, 0.5) is 10.1 Å². The first-order valence-corrected chi connectivity index (χ1v) is 12.9. The predicted molar refractivity (Wildman–Crippen MR) is 136 cm³/mol. The summed E-state index contributed by atoms with van der Waals surface area (Å²) >= 11 is 0.889. The quantitative estimate of drug-likeness (QED) is 0.282. The van der Waals surface area contributed by atoms with E-state index in [0.717, 1.165) is 28.4 Å². The van der Waals surface area contributed by atoms with Gasteiger partial charge in [-0.15, -0.1) is 0 Å². The highest BCUT2D eigenvalue weighted by Gasteiger charge is 2.31. The van der Waals surface area contributed by atoms with Crippen LogP contribution in [0.2, 0.25) is 0 Å². The van der Waals surface area contributed by atoms with Crippen LogP contribution in [0.5, 0.6) is 0 Å². The van der Waals surface area contributed by atoms with E-state index in [1.165, 1.54) is 23.5 Å². The van der Waals surface area contributed by atoms with Crippen LogP contribution in [-0.2, 0) is 17.8 Å². The summed E-state index contributed by atoms with van der Waals surface area (Å²) in [5, 5.41) is 3.24. The summed E-state index contributed by atoms with van der Waals surface area (Å²) < 4.78 is 46.6. The Balaban J connectivity index is 1.70. The second kappa shape index (κ2) is 9.56. The van der Waals surface area contributed by atoms with Gasteiger partial charge in [-0.2, -0.15) is 0 Å². The molecule has 180 valence electrons. The van der Waals surface area contributed by atoms with Crippen molar-refractivity contribution in [3.63, 3.8) is 0 Å². The molecule has 0 aliphatic heterocycles. The van der Waals surface area contributed by atoms with Gasteiger partial charge in [-0.25, -0.2) is 4.39 Å². The molecular formula is C26H21BrFN2O4S-. The van der Waals surface area contributed by atoms with Crippen molar-refractivity contribution in [3.8, 4) is 11.3 Å². The number of benzene rings is 3. The predicted octanol–water partition coefficient (Wildman–Crippen LogP) is 6.04. The molecule has 3 aromatic carbocycles. The van der Waals surface area contributed by atoms with Gasteiger partial charge in [0.15, 0.2) is 0 Å². The standard InChI is InChI=1S/C26H22BrFN2O4S/c1-29-26(31)24-21-12-20(16-5-6-16)22(30(35(32)33)14-15-3-2-4-18(27)11-15)13-23(21)34-25(24)17-7-9-19(28)10-8-17/h2-4,7-13,16H,5-6,14H2,1H3,(H,29,31)(H,32,33)/p-1. The molecule has 35 heavy (non-hydrogen) atoms. The molecule has 1 atom stereocenters. The summed E-state index contributed by atoms with van der Waals surface area (Å²) in [5.41, 5.74) is 3.47. The average molecular weight is 556 g/mol. The molecule has 1 saturated carbocycles. The number of furan rings is 1. The second-order valence-corrected chi connectivity index (χ2v) is 10.2. The lowest BCUT2D eigenvalue weighted by Crippen LogP contribution is -2.26. The third kappa shape index (κ3) is 4.76. The molecule has 0 saturated heterocycles. The number of carbonyl (C=O) groups is 1. The van der Waals surface area contributed by atoms with Crippen LogP contribution < -0.4 is 9.62 Å². The SMILES string of the molecule is CNC(=O)c1c(-c2ccc(F)cc2)oc2cc(N(Cc3cccc(Br)c3)S(=O)[O-])c(C3CC3)cc12. The number of rotatable bonds is 7. The molecule has 1 aromatic heterocycles. The lowest BCUT2D eigenvalue weighted by molar-refractivity contribution is 0.0964. The monoisotopic (exact) mass is 555 g/mol. The lowest BCUT2D eigenvalue weighted by atomic mass is 10.00. The van der Waals surface area contributed by atoms with Crippen molar-refractivity contribution >= 4 is 49.8 Å². The van der Waals surface area contributed by atoms with E-state index in [1.54, 1.807) is 18.2 Å². The van der Waals surface area contributed by atoms with Gasteiger partial charge < -0.3 is 14.3 Å². The minimum atomic E-state index is -2.55. The minimum Gasteiger partial charge on any atom is -0.755 e. The van der Waals surface area contributed by atoms with E-state index >= 15 is 0 Å². The molecule has 1 heterocycles. The van der Waals surface area contributed by atoms with Crippen LogP contribution in [0.25, 0.3) is 22.3 Å². The number of nitrogens with one attached hydrogen (secondary N) is 1. The fourth-order valence-electron chi connectivity index (χ4n) is 4.26. The highest BCUT2D eigenvalue weighted by atomic mass is 79.9. The summed E-state index contributed by atoms with van der Waals surface area (Å²) in [4.78, 5) is 12.9. The number of hydrogen-bond acceptors (Lipinski definition) is 4. The third-order valence-electron chi connectivity index (χ3n) is 6.08.